The van der Waals surface area contributed by atoms with Crippen LogP contribution in [0.3, 0.4) is 0 Å². The number of hydrogen-bond donors (Lipinski definition) is 1. The normalized spacial score (nSPS) is 17.3. The third-order valence-corrected chi connectivity index (χ3v) is 4.95. The van der Waals surface area contributed by atoms with E-state index < -0.39 is 0 Å². The van der Waals surface area contributed by atoms with Crippen LogP contribution in [0.25, 0.3) is 11.3 Å². The van der Waals surface area contributed by atoms with Crippen LogP contribution in [0.1, 0.15) is 44.1 Å². The lowest BCUT2D eigenvalue weighted by atomic mass is 10.0. The molecule has 2 heterocycles. The highest BCUT2D eigenvalue weighted by Gasteiger charge is 2.23. The zero-order valence-corrected chi connectivity index (χ0v) is 13.8. The number of carbonyl (C=O) groups is 1. The van der Waals surface area contributed by atoms with E-state index in [9.17, 15) is 4.79 Å². The Kier molecular flexibility index (Phi) is 4.24. The summed E-state index contributed by atoms with van der Waals surface area (Å²) in [5, 5.41) is 7.62. The number of carbonyl (C=O) groups excluding carboxylic acids is 1. The lowest BCUT2D eigenvalue weighted by Gasteiger charge is -2.20. The molecule has 1 aromatic carbocycles. The quantitative estimate of drug-likeness (QED) is 0.881. The summed E-state index contributed by atoms with van der Waals surface area (Å²) in [7, 11) is 0. The number of fused-ring (bicyclic) bond motifs is 3. The Morgan fingerprint density at radius 1 is 1.21 bits per heavy atom. The van der Waals surface area contributed by atoms with Gasteiger partial charge in [-0.25, -0.2) is 0 Å². The zero-order chi connectivity index (χ0) is 16.4. The van der Waals surface area contributed by atoms with Crippen molar-refractivity contribution in [1.82, 2.24) is 15.1 Å². The molecule has 0 spiro atoms. The first-order valence-electron chi connectivity index (χ1n) is 8.87. The van der Waals surface area contributed by atoms with Crippen LogP contribution in [0.15, 0.2) is 30.5 Å². The van der Waals surface area contributed by atoms with E-state index >= 15 is 0 Å². The van der Waals surface area contributed by atoms with Crippen LogP contribution >= 0.6 is 0 Å². The molecule has 4 rings (SSSR count). The second kappa shape index (κ2) is 6.67. The third kappa shape index (κ3) is 3.03. The Balaban J connectivity index is 1.50. The van der Waals surface area contributed by atoms with Gasteiger partial charge in [0.1, 0.15) is 18.9 Å². The van der Waals surface area contributed by atoms with E-state index in [4.69, 9.17) is 4.74 Å². The van der Waals surface area contributed by atoms with Gasteiger partial charge in [0.2, 0.25) is 5.91 Å². The Labute approximate surface area is 142 Å². The van der Waals surface area contributed by atoms with E-state index in [2.05, 4.69) is 10.4 Å². The zero-order valence-electron chi connectivity index (χ0n) is 13.8. The van der Waals surface area contributed by atoms with Crippen LogP contribution in [-0.2, 0) is 17.9 Å². The molecule has 1 aliphatic heterocycles. The molecule has 1 saturated carbocycles. The van der Waals surface area contributed by atoms with Crippen molar-refractivity contribution in [2.75, 3.05) is 0 Å². The topological polar surface area (TPSA) is 56.2 Å². The third-order valence-electron chi connectivity index (χ3n) is 4.95. The molecule has 0 bridgehead atoms. The molecule has 5 nitrogen and oxygen atoms in total. The summed E-state index contributed by atoms with van der Waals surface area (Å²) >= 11 is 0. The first-order valence-corrected chi connectivity index (χ1v) is 8.87. The van der Waals surface area contributed by atoms with Crippen molar-refractivity contribution in [3.63, 3.8) is 0 Å². The smallest absolute Gasteiger partial charge is 0.241 e. The number of aromatic nitrogens is 2. The summed E-state index contributed by atoms with van der Waals surface area (Å²) in [5.41, 5.74) is 3.06. The van der Waals surface area contributed by atoms with E-state index in [-0.39, 0.29) is 12.5 Å². The SMILES string of the molecule is O=C(Cn1ncc2c1-c1ccccc1OC2)NC1CCCCCC1. The summed E-state index contributed by atoms with van der Waals surface area (Å²) in [5.74, 6) is 0.910. The van der Waals surface area contributed by atoms with Gasteiger partial charge in [-0.2, -0.15) is 5.10 Å². The van der Waals surface area contributed by atoms with Crippen molar-refractivity contribution in [2.24, 2.45) is 0 Å². The summed E-state index contributed by atoms with van der Waals surface area (Å²) in [6, 6.07) is 8.25. The van der Waals surface area contributed by atoms with E-state index in [0.717, 1.165) is 35.4 Å². The van der Waals surface area contributed by atoms with Gasteiger partial charge in [-0.1, -0.05) is 37.8 Å². The second-order valence-corrected chi connectivity index (χ2v) is 6.72. The first-order chi connectivity index (χ1) is 11.8. The molecule has 1 aliphatic carbocycles. The van der Waals surface area contributed by atoms with Crippen molar-refractivity contribution >= 4 is 5.91 Å². The maximum atomic E-state index is 12.5. The Morgan fingerprint density at radius 3 is 2.83 bits per heavy atom. The highest BCUT2D eigenvalue weighted by atomic mass is 16.5. The molecular weight excluding hydrogens is 302 g/mol. The highest BCUT2D eigenvalue weighted by Crippen LogP contribution is 2.36. The number of nitrogens with zero attached hydrogens (tertiary/aromatic N) is 2. The minimum absolute atomic E-state index is 0.0526. The van der Waals surface area contributed by atoms with Crippen molar-refractivity contribution in [3.8, 4) is 17.0 Å². The molecule has 2 aromatic rings. The fourth-order valence-corrected chi connectivity index (χ4v) is 3.74. The molecule has 1 amide bonds. The Hall–Kier alpha value is -2.30. The molecule has 126 valence electrons. The van der Waals surface area contributed by atoms with Crippen LogP contribution < -0.4 is 10.1 Å². The molecule has 0 atom stereocenters. The number of amides is 1. The molecular formula is C19H23N3O2. The van der Waals surface area contributed by atoms with Gasteiger partial charge in [-0.15, -0.1) is 0 Å². The second-order valence-electron chi connectivity index (χ2n) is 6.72. The van der Waals surface area contributed by atoms with Gasteiger partial charge in [-0.05, 0) is 25.0 Å². The first kappa shape index (κ1) is 15.2. The minimum atomic E-state index is 0.0526. The number of hydrogen-bond acceptors (Lipinski definition) is 3. The van der Waals surface area contributed by atoms with Crippen LogP contribution in [0.4, 0.5) is 0 Å². The van der Waals surface area contributed by atoms with Gasteiger partial charge < -0.3 is 10.1 Å². The largest absolute Gasteiger partial charge is 0.488 e. The Morgan fingerprint density at radius 2 is 2.00 bits per heavy atom. The average molecular weight is 325 g/mol. The molecule has 0 unspecified atom stereocenters. The predicted octanol–water partition coefficient (Wildman–Crippen LogP) is 3.28. The van der Waals surface area contributed by atoms with Gasteiger partial charge in [0, 0.05) is 17.2 Å². The molecule has 2 aliphatic rings. The number of ether oxygens (including phenoxy) is 1. The van der Waals surface area contributed by atoms with Crippen LogP contribution in [0, 0.1) is 0 Å². The van der Waals surface area contributed by atoms with Crippen molar-refractivity contribution in [3.05, 3.63) is 36.0 Å². The number of para-hydroxylation sites is 1. The van der Waals surface area contributed by atoms with E-state index in [1.165, 1.54) is 25.7 Å². The molecule has 1 N–H and O–H groups in total. The summed E-state index contributed by atoms with van der Waals surface area (Å²) in [6.07, 6.45) is 9.01. The van der Waals surface area contributed by atoms with Crippen LogP contribution in [0.2, 0.25) is 0 Å². The van der Waals surface area contributed by atoms with E-state index in [0.29, 0.717) is 12.6 Å². The molecule has 24 heavy (non-hydrogen) atoms. The molecule has 5 heteroatoms. The lowest BCUT2D eigenvalue weighted by Crippen LogP contribution is -2.37. The van der Waals surface area contributed by atoms with Crippen molar-refractivity contribution < 1.29 is 9.53 Å². The van der Waals surface area contributed by atoms with Gasteiger partial charge in [0.05, 0.1) is 11.9 Å². The van der Waals surface area contributed by atoms with Crippen LogP contribution in [-0.4, -0.2) is 21.7 Å². The fourth-order valence-electron chi connectivity index (χ4n) is 3.74. The standard InChI is InChI=1S/C19H23N3O2/c23-18(21-15-7-3-1-2-4-8-15)12-22-19-14(11-20-22)13-24-17-10-6-5-9-16(17)19/h5-6,9-11,15H,1-4,7-8,12-13H2,(H,21,23). The monoisotopic (exact) mass is 325 g/mol. The van der Waals surface area contributed by atoms with E-state index in [1.54, 1.807) is 0 Å². The molecule has 1 fully saturated rings. The summed E-state index contributed by atoms with van der Waals surface area (Å²) in [6.45, 7) is 0.775. The summed E-state index contributed by atoms with van der Waals surface area (Å²) in [4.78, 5) is 12.5. The van der Waals surface area contributed by atoms with Gasteiger partial charge in [-0.3, -0.25) is 9.48 Å². The highest BCUT2D eigenvalue weighted by molar-refractivity contribution is 5.78. The predicted molar refractivity (Wildman–Crippen MR) is 91.6 cm³/mol. The number of rotatable bonds is 3. The van der Waals surface area contributed by atoms with Gasteiger partial charge >= 0.3 is 0 Å². The molecule has 1 aromatic heterocycles. The lowest BCUT2D eigenvalue weighted by molar-refractivity contribution is -0.122. The van der Waals surface area contributed by atoms with Gasteiger partial charge in [0.25, 0.3) is 0 Å². The van der Waals surface area contributed by atoms with Crippen LogP contribution in [0.5, 0.6) is 5.75 Å². The molecule has 0 radical (unpaired) electrons. The van der Waals surface area contributed by atoms with E-state index in [1.807, 2.05) is 35.1 Å². The van der Waals surface area contributed by atoms with Crippen molar-refractivity contribution in [1.29, 1.82) is 0 Å². The maximum Gasteiger partial charge on any atom is 0.241 e. The van der Waals surface area contributed by atoms with Crippen molar-refractivity contribution in [2.45, 2.75) is 57.7 Å². The van der Waals surface area contributed by atoms with Gasteiger partial charge in [0.15, 0.2) is 0 Å². The fraction of sp³-hybridized carbons (Fsp3) is 0.474. The minimum Gasteiger partial charge on any atom is -0.488 e. The number of benzene rings is 1. The maximum absolute atomic E-state index is 12.5. The number of nitrogens with one attached hydrogen (secondary N) is 1. The average Bonchev–Trinajstić information content (AvgIpc) is 2.83. The molecule has 0 saturated heterocycles. The summed E-state index contributed by atoms with van der Waals surface area (Å²) < 4.78 is 7.56. The Bertz CT molecular complexity index is 730.